The first-order chi connectivity index (χ1) is 9.99. The number of aryl methyl sites for hydroxylation is 1. The summed E-state index contributed by atoms with van der Waals surface area (Å²) in [5.74, 6) is -0.405. The Labute approximate surface area is 133 Å². The monoisotopic (exact) mass is 346 g/mol. The predicted octanol–water partition coefficient (Wildman–Crippen LogP) is 4.03. The van der Waals surface area contributed by atoms with Gasteiger partial charge in [-0.15, -0.1) is 0 Å². The fourth-order valence-electron chi connectivity index (χ4n) is 2.11. The zero-order valence-corrected chi connectivity index (χ0v) is 13.7. The van der Waals surface area contributed by atoms with Crippen LogP contribution in [0.2, 0.25) is 0 Å². The molecule has 0 radical (unpaired) electrons. The minimum Gasteiger partial charge on any atom is -0.325 e. The van der Waals surface area contributed by atoms with E-state index in [1.54, 1.807) is 0 Å². The SMILES string of the molecule is Cc1ccc(Br)c(NC(=O)C(C)C(N)c2ccccc2)c1. The third-order valence-electron chi connectivity index (χ3n) is 3.52. The first-order valence-corrected chi connectivity index (χ1v) is 7.66. The van der Waals surface area contributed by atoms with Crippen LogP contribution in [0.25, 0.3) is 0 Å². The van der Waals surface area contributed by atoms with Gasteiger partial charge in [-0.05, 0) is 46.1 Å². The highest BCUT2D eigenvalue weighted by Gasteiger charge is 2.22. The number of carbonyl (C=O) groups is 1. The molecule has 1 amide bonds. The topological polar surface area (TPSA) is 55.1 Å². The Bertz CT molecular complexity index is 628. The van der Waals surface area contributed by atoms with Crippen LogP contribution >= 0.6 is 15.9 Å². The molecule has 2 rings (SSSR count). The predicted molar refractivity (Wildman–Crippen MR) is 90.0 cm³/mol. The molecule has 4 heteroatoms. The quantitative estimate of drug-likeness (QED) is 0.877. The summed E-state index contributed by atoms with van der Waals surface area (Å²) in [6.45, 7) is 3.83. The standard InChI is InChI=1S/C17H19BrN2O/c1-11-8-9-14(18)15(10-11)20-17(21)12(2)16(19)13-6-4-3-5-7-13/h3-10,12,16H,19H2,1-2H3,(H,20,21). The summed E-state index contributed by atoms with van der Waals surface area (Å²) in [7, 11) is 0. The summed E-state index contributed by atoms with van der Waals surface area (Å²) in [6, 6.07) is 15.2. The van der Waals surface area contributed by atoms with Crippen molar-refractivity contribution in [2.45, 2.75) is 19.9 Å². The van der Waals surface area contributed by atoms with E-state index >= 15 is 0 Å². The molecule has 0 saturated heterocycles. The van der Waals surface area contributed by atoms with Gasteiger partial charge in [-0.3, -0.25) is 4.79 Å². The fourth-order valence-corrected chi connectivity index (χ4v) is 2.45. The molecule has 0 spiro atoms. The molecule has 0 saturated carbocycles. The molecule has 3 N–H and O–H groups in total. The number of rotatable bonds is 4. The molecule has 0 bridgehead atoms. The van der Waals surface area contributed by atoms with Crippen molar-refractivity contribution < 1.29 is 4.79 Å². The fraction of sp³-hybridized carbons (Fsp3) is 0.235. The molecule has 2 aromatic carbocycles. The number of anilines is 1. The van der Waals surface area contributed by atoms with Crippen LogP contribution in [0, 0.1) is 12.8 Å². The summed E-state index contributed by atoms with van der Waals surface area (Å²) in [5, 5.41) is 2.94. The summed E-state index contributed by atoms with van der Waals surface area (Å²) in [6.07, 6.45) is 0. The number of halogens is 1. The molecular formula is C17H19BrN2O. The maximum Gasteiger partial charge on any atom is 0.229 e. The van der Waals surface area contributed by atoms with E-state index in [9.17, 15) is 4.79 Å². The Hall–Kier alpha value is -1.65. The van der Waals surface area contributed by atoms with Gasteiger partial charge in [0.1, 0.15) is 0 Å². The Kier molecular flexibility index (Phi) is 5.15. The molecule has 0 aliphatic rings. The van der Waals surface area contributed by atoms with Crippen molar-refractivity contribution in [1.82, 2.24) is 0 Å². The van der Waals surface area contributed by atoms with Crippen molar-refractivity contribution in [2.24, 2.45) is 11.7 Å². The number of hydrogen-bond donors (Lipinski definition) is 2. The molecule has 0 aliphatic carbocycles. The van der Waals surface area contributed by atoms with Gasteiger partial charge < -0.3 is 11.1 Å². The number of carbonyl (C=O) groups excluding carboxylic acids is 1. The van der Waals surface area contributed by atoms with Crippen LogP contribution in [-0.4, -0.2) is 5.91 Å². The van der Waals surface area contributed by atoms with Crippen molar-refractivity contribution in [2.75, 3.05) is 5.32 Å². The van der Waals surface area contributed by atoms with E-state index in [1.165, 1.54) is 0 Å². The minimum atomic E-state index is -0.324. The van der Waals surface area contributed by atoms with E-state index in [0.717, 1.165) is 21.3 Å². The van der Waals surface area contributed by atoms with Gasteiger partial charge in [0.25, 0.3) is 0 Å². The first kappa shape index (κ1) is 15.7. The van der Waals surface area contributed by atoms with Gasteiger partial charge in [0.2, 0.25) is 5.91 Å². The molecule has 0 aliphatic heterocycles. The molecule has 110 valence electrons. The van der Waals surface area contributed by atoms with Gasteiger partial charge >= 0.3 is 0 Å². The maximum absolute atomic E-state index is 12.4. The summed E-state index contributed by atoms with van der Waals surface area (Å²) >= 11 is 3.44. The highest BCUT2D eigenvalue weighted by atomic mass is 79.9. The second-order valence-electron chi connectivity index (χ2n) is 5.20. The van der Waals surface area contributed by atoms with Crippen molar-refractivity contribution in [1.29, 1.82) is 0 Å². The smallest absolute Gasteiger partial charge is 0.229 e. The zero-order chi connectivity index (χ0) is 15.4. The average molecular weight is 347 g/mol. The highest BCUT2D eigenvalue weighted by Crippen LogP contribution is 2.26. The van der Waals surface area contributed by atoms with Crippen LogP contribution in [-0.2, 0) is 4.79 Å². The molecule has 21 heavy (non-hydrogen) atoms. The number of nitrogens with one attached hydrogen (secondary N) is 1. The largest absolute Gasteiger partial charge is 0.325 e. The third kappa shape index (κ3) is 3.93. The highest BCUT2D eigenvalue weighted by molar-refractivity contribution is 9.10. The Morgan fingerprint density at radius 1 is 1.19 bits per heavy atom. The van der Waals surface area contributed by atoms with Crippen LogP contribution < -0.4 is 11.1 Å². The van der Waals surface area contributed by atoms with E-state index in [4.69, 9.17) is 5.73 Å². The Balaban J connectivity index is 2.11. The van der Waals surface area contributed by atoms with Crippen LogP contribution in [0.1, 0.15) is 24.1 Å². The molecule has 2 atom stereocenters. The van der Waals surface area contributed by atoms with E-state index in [1.807, 2.05) is 62.4 Å². The van der Waals surface area contributed by atoms with Crippen molar-refractivity contribution in [3.05, 3.63) is 64.1 Å². The molecule has 2 aromatic rings. The lowest BCUT2D eigenvalue weighted by Crippen LogP contribution is -2.30. The van der Waals surface area contributed by atoms with Crippen LogP contribution in [0.5, 0.6) is 0 Å². The van der Waals surface area contributed by atoms with Crippen LogP contribution in [0.3, 0.4) is 0 Å². The van der Waals surface area contributed by atoms with Crippen LogP contribution in [0.4, 0.5) is 5.69 Å². The first-order valence-electron chi connectivity index (χ1n) is 6.86. The molecule has 0 heterocycles. The van der Waals surface area contributed by atoms with E-state index in [-0.39, 0.29) is 17.9 Å². The van der Waals surface area contributed by atoms with Gasteiger partial charge in [0.15, 0.2) is 0 Å². The van der Waals surface area contributed by atoms with Crippen molar-refractivity contribution in [3.63, 3.8) is 0 Å². The lowest BCUT2D eigenvalue weighted by Gasteiger charge is -2.20. The molecule has 3 nitrogen and oxygen atoms in total. The summed E-state index contributed by atoms with van der Waals surface area (Å²) < 4.78 is 0.863. The number of nitrogens with two attached hydrogens (primary N) is 1. The lowest BCUT2D eigenvalue weighted by molar-refractivity contribution is -0.120. The Morgan fingerprint density at radius 2 is 1.86 bits per heavy atom. The maximum atomic E-state index is 12.4. The van der Waals surface area contributed by atoms with E-state index in [2.05, 4.69) is 21.2 Å². The van der Waals surface area contributed by atoms with Crippen molar-refractivity contribution in [3.8, 4) is 0 Å². The van der Waals surface area contributed by atoms with Gasteiger partial charge in [-0.25, -0.2) is 0 Å². The molecule has 0 fully saturated rings. The second kappa shape index (κ2) is 6.87. The van der Waals surface area contributed by atoms with Gasteiger partial charge in [-0.1, -0.05) is 43.3 Å². The normalized spacial score (nSPS) is 13.5. The van der Waals surface area contributed by atoms with Gasteiger partial charge in [0.05, 0.1) is 11.6 Å². The van der Waals surface area contributed by atoms with Gasteiger partial charge in [-0.2, -0.15) is 0 Å². The minimum absolute atomic E-state index is 0.0855. The molecular weight excluding hydrogens is 328 g/mol. The molecule has 2 unspecified atom stereocenters. The van der Waals surface area contributed by atoms with Crippen LogP contribution in [0.15, 0.2) is 53.0 Å². The Morgan fingerprint density at radius 3 is 2.52 bits per heavy atom. The summed E-state index contributed by atoms with van der Waals surface area (Å²) in [5.41, 5.74) is 9.01. The zero-order valence-electron chi connectivity index (χ0n) is 12.1. The van der Waals surface area contributed by atoms with Crippen molar-refractivity contribution >= 4 is 27.5 Å². The lowest BCUT2D eigenvalue weighted by atomic mass is 9.94. The second-order valence-corrected chi connectivity index (χ2v) is 6.05. The number of amides is 1. The van der Waals surface area contributed by atoms with Gasteiger partial charge in [0, 0.05) is 10.5 Å². The summed E-state index contributed by atoms with van der Waals surface area (Å²) in [4.78, 5) is 12.4. The number of hydrogen-bond acceptors (Lipinski definition) is 2. The third-order valence-corrected chi connectivity index (χ3v) is 4.21. The molecule has 0 aromatic heterocycles. The van der Waals surface area contributed by atoms with E-state index in [0.29, 0.717) is 0 Å². The number of benzene rings is 2. The average Bonchev–Trinajstić information content (AvgIpc) is 2.50. The van der Waals surface area contributed by atoms with E-state index < -0.39 is 0 Å².